The second kappa shape index (κ2) is 7.36. The standard InChI is InChI=1S/C14H14Cl3N3O2/c1-2-22-14(21)8-4-3-5-20(7-8)13-11(16)10(15)9(6-18)12(17)19-13/h8H,2-5,7H2,1H3. The number of ether oxygens (including phenoxy) is 1. The predicted molar refractivity (Wildman–Crippen MR) is 85.6 cm³/mol. The van der Waals surface area contributed by atoms with Gasteiger partial charge in [0.05, 0.1) is 17.5 Å². The molecule has 0 amide bonds. The second-order valence-electron chi connectivity index (χ2n) is 4.88. The molecule has 5 nitrogen and oxygen atoms in total. The lowest BCUT2D eigenvalue weighted by Crippen LogP contribution is -2.40. The molecule has 0 spiro atoms. The first-order chi connectivity index (χ1) is 10.5. The average molecular weight is 363 g/mol. The Balaban J connectivity index is 2.29. The minimum absolute atomic E-state index is 0.00478. The summed E-state index contributed by atoms with van der Waals surface area (Å²) in [5.74, 6) is -0.0708. The fraction of sp³-hybridized carbons (Fsp3) is 0.500. The van der Waals surface area contributed by atoms with E-state index in [0.717, 1.165) is 12.8 Å². The van der Waals surface area contributed by atoms with Gasteiger partial charge in [0.25, 0.3) is 0 Å². The van der Waals surface area contributed by atoms with Crippen molar-refractivity contribution in [1.29, 1.82) is 5.26 Å². The maximum atomic E-state index is 11.9. The maximum absolute atomic E-state index is 11.9. The molecule has 0 saturated carbocycles. The van der Waals surface area contributed by atoms with E-state index in [0.29, 0.717) is 25.5 Å². The lowest BCUT2D eigenvalue weighted by molar-refractivity contribution is -0.148. The van der Waals surface area contributed by atoms with Crippen LogP contribution in [0.15, 0.2) is 0 Å². The third kappa shape index (κ3) is 3.40. The van der Waals surface area contributed by atoms with Crippen LogP contribution in [0.1, 0.15) is 25.3 Å². The van der Waals surface area contributed by atoms with Crippen LogP contribution in [0.2, 0.25) is 15.2 Å². The number of nitriles is 1. The number of hydrogen-bond donors (Lipinski definition) is 0. The number of piperidine rings is 1. The van der Waals surface area contributed by atoms with Crippen LogP contribution in [0.3, 0.4) is 0 Å². The number of hydrogen-bond acceptors (Lipinski definition) is 5. The molecule has 0 N–H and O–H groups in total. The van der Waals surface area contributed by atoms with Gasteiger partial charge in [0.2, 0.25) is 0 Å². The summed E-state index contributed by atoms with van der Waals surface area (Å²) in [7, 11) is 0. The Morgan fingerprint density at radius 1 is 1.45 bits per heavy atom. The third-order valence-electron chi connectivity index (χ3n) is 3.47. The molecule has 22 heavy (non-hydrogen) atoms. The van der Waals surface area contributed by atoms with Crippen molar-refractivity contribution < 1.29 is 9.53 Å². The minimum Gasteiger partial charge on any atom is -0.466 e. The Morgan fingerprint density at radius 2 is 2.18 bits per heavy atom. The van der Waals surface area contributed by atoms with Gasteiger partial charge in [-0.05, 0) is 19.8 Å². The largest absolute Gasteiger partial charge is 0.466 e. The zero-order valence-corrected chi connectivity index (χ0v) is 14.2. The van der Waals surface area contributed by atoms with E-state index in [2.05, 4.69) is 4.98 Å². The molecule has 0 aromatic carbocycles. The van der Waals surface area contributed by atoms with Crippen LogP contribution in [0.5, 0.6) is 0 Å². The number of aromatic nitrogens is 1. The lowest BCUT2D eigenvalue weighted by atomic mass is 9.98. The fourth-order valence-electron chi connectivity index (χ4n) is 2.42. The van der Waals surface area contributed by atoms with E-state index in [1.807, 2.05) is 11.0 Å². The summed E-state index contributed by atoms with van der Waals surface area (Å²) >= 11 is 18.3. The molecule has 0 bridgehead atoms. The van der Waals surface area contributed by atoms with Crippen LogP contribution in [0.4, 0.5) is 5.82 Å². The average Bonchev–Trinajstić information content (AvgIpc) is 2.52. The monoisotopic (exact) mass is 361 g/mol. The summed E-state index contributed by atoms with van der Waals surface area (Å²) in [4.78, 5) is 17.9. The van der Waals surface area contributed by atoms with Crippen molar-refractivity contribution in [2.75, 3.05) is 24.6 Å². The van der Waals surface area contributed by atoms with E-state index in [1.54, 1.807) is 6.92 Å². The smallest absolute Gasteiger partial charge is 0.310 e. The summed E-state index contributed by atoms with van der Waals surface area (Å²) in [5.41, 5.74) is 0.0519. The molecule has 1 atom stereocenters. The minimum atomic E-state index is -0.236. The molecule has 1 saturated heterocycles. The normalized spacial score (nSPS) is 18.0. The summed E-state index contributed by atoms with van der Waals surface area (Å²) in [6, 6.07) is 1.87. The number of halogens is 3. The first-order valence-corrected chi connectivity index (χ1v) is 7.99. The number of anilines is 1. The SMILES string of the molecule is CCOC(=O)C1CCCN(c2nc(Cl)c(C#N)c(Cl)c2Cl)C1. The summed E-state index contributed by atoms with van der Waals surface area (Å²) in [6.45, 7) is 3.24. The molecule has 1 unspecified atom stereocenters. The van der Waals surface area contributed by atoms with Crippen LogP contribution in [-0.2, 0) is 9.53 Å². The number of pyridine rings is 1. The van der Waals surface area contributed by atoms with Gasteiger partial charge >= 0.3 is 5.97 Å². The number of nitrogens with zero attached hydrogens (tertiary/aromatic N) is 3. The number of esters is 1. The van der Waals surface area contributed by atoms with Crippen molar-refractivity contribution in [2.24, 2.45) is 5.92 Å². The first-order valence-electron chi connectivity index (χ1n) is 6.85. The van der Waals surface area contributed by atoms with E-state index >= 15 is 0 Å². The van der Waals surface area contributed by atoms with E-state index in [-0.39, 0.29) is 32.6 Å². The van der Waals surface area contributed by atoms with Crippen LogP contribution >= 0.6 is 34.8 Å². The predicted octanol–water partition coefficient (Wildman–Crippen LogP) is 3.69. The van der Waals surface area contributed by atoms with Gasteiger partial charge in [-0.25, -0.2) is 4.98 Å². The van der Waals surface area contributed by atoms with Gasteiger partial charge in [-0.2, -0.15) is 5.26 Å². The quantitative estimate of drug-likeness (QED) is 0.606. The molecule has 1 aromatic heterocycles. The Morgan fingerprint density at radius 3 is 2.82 bits per heavy atom. The Labute approximate surface area is 143 Å². The first kappa shape index (κ1) is 17.1. The number of rotatable bonds is 3. The van der Waals surface area contributed by atoms with Gasteiger partial charge in [0, 0.05) is 13.1 Å². The highest BCUT2D eigenvalue weighted by atomic mass is 35.5. The maximum Gasteiger partial charge on any atom is 0.310 e. The molecule has 2 rings (SSSR count). The van der Waals surface area contributed by atoms with Crippen molar-refractivity contribution in [1.82, 2.24) is 4.98 Å². The topological polar surface area (TPSA) is 66.2 Å². The van der Waals surface area contributed by atoms with Gasteiger partial charge in [0.15, 0.2) is 11.0 Å². The molecule has 1 aliphatic heterocycles. The van der Waals surface area contributed by atoms with Gasteiger partial charge in [-0.1, -0.05) is 34.8 Å². The van der Waals surface area contributed by atoms with E-state index in [4.69, 9.17) is 44.8 Å². The molecule has 118 valence electrons. The van der Waals surface area contributed by atoms with Crippen molar-refractivity contribution in [3.05, 3.63) is 20.8 Å². The molecular formula is C14H14Cl3N3O2. The Hall–Kier alpha value is -1.22. The van der Waals surface area contributed by atoms with Gasteiger partial charge < -0.3 is 9.64 Å². The van der Waals surface area contributed by atoms with E-state index in [9.17, 15) is 4.79 Å². The summed E-state index contributed by atoms with van der Waals surface area (Å²) < 4.78 is 5.07. The highest BCUT2D eigenvalue weighted by molar-refractivity contribution is 6.45. The molecule has 1 aromatic rings. The molecule has 0 aliphatic carbocycles. The second-order valence-corrected chi connectivity index (χ2v) is 5.99. The van der Waals surface area contributed by atoms with Gasteiger partial charge in [-0.3, -0.25) is 4.79 Å². The van der Waals surface area contributed by atoms with Crippen molar-refractivity contribution in [2.45, 2.75) is 19.8 Å². The van der Waals surface area contributed by atoms with Crippen LogP contribution < -0.4 is 4.90 Å². The zero-order chi connectivity index (χ0) is 16.3. The zero-order valence-electron chi connectivity index (χ0n) is 11.9. The fourth-order valence-corrected chi connectivity index (χ4v) is 3.16. The van der Waals surface area contributed by atoms with E-state index < -0.39 is 0 Å². The van der Waals surface area contributed by atoms with Crippen LogP contribution in [-0.4, -0.2) is 30.6 Å². The Kier molecular flexibility index (Phi) is 5.74. The lowest BCUT2D eigenvalue weighted by Gasteiger charge is -2.33. The molecule has 1 fully saturated rings. The summed E-state index contributed by atoms with van der Waals surface area (Å²) in [6.07, 6.45) is 1.56. The molecule has 1 aliphatic rings. The molecule has 2 heterocycles. The number of carbonyl (C=O) groups excluding carboxylic acids is 1. The van der Waals surface area contributed by atoms with Crippen LogP contribution in [0.25, 0.3) is 0 Å². The van der Waals surface area contributed by atoms with E-state index in [1.165, 1.54) is 0 Å². The van der Waals surface area contributed by atoms with Crippen molar-refractivity contribution >= 4 is 46.6 Å². The van der Waals surface area contributed by atoms with Crippen LogP contribution in [0, 0.1) is 17.2 Å². The third-order valence-corrected chi connectivity index (χ3v) is 4.58. The molecular weight excluding hydrogens is 349 g/mol. The number of carbonyl (C=O) groups is 1. The summed E-state index contributed by atoms with van der Waals surface area (Å²) in [5, 5.41) is 9.27. The van der Waals surface area contributed by atoms with Crippen molar-refractivity contribution in [3.8, 4) is 6.07 Å². The molecule has 8 heteroatoms. The highest BCUT2D eigenvalue weighted by Gasteiger charge is 2.30. The molecule has 0 radical (unpaired) electrons. The Bertz CT molecular complexity index is 631. The highest BCUT2D eigenvalue weighted by Crippen LogP contribution is 2.38. The van der Waals surface area contributed by atoms with Gasteiger partial charge in [-0.15, -0.1) is 0 Å². The van der Waals surface area contributed by atoms with Gasteiger partial charge in [0.1, 0.15) is 16.7 Å². The van der Waals surface area contributed by atoms with Crippen molar-refractivity contribution in [3.63, 3.8) is 0 Å².